The number of para-hydroxylation sites is 1. The Labute approximate surface area is 180 Å². The molecule has 0 unspecified atom stereocenters. The second-order valence-electron chi connectivity index (χ2n) is 7.42. The fourth-order valence-electron chi connectivity index (χ4n) is 4.17. The minimum atomic E-state index is -3.88. The summed E-state index contributed by atoms with van der Waals surface area (Å²) in [5.41, 5.74) is 3.76. The first kappa shape index (κ1) is 19.3. The van der Waals surface area contributed by atoms with E-state index in [1.165, 1.54) is 17.0 Å². The van der Waals surface area contributed by atoms with Gasteiger partial charge in [0.1, 0.15) is 0 Å². The lowest BCUT2D eigenvalue weighted by Crippen LogP contribution is -2.12. The maximum atomic E-state index is 13.8. The largest absolute Gasteiger partial charge is 0.295 e. The summed E-state index contributed by atoms with van der Waals surface area (Å²) in [5, 5.41) is 1.72. The van der Waals surface area contributed by atoms with Crippen molar-refractivity contribution in [3.8, 4) is 11.1 Å². The van der Waals surface area contributed by atoms with Crippen LogP contribution in [0.15, 0.2) is 95.9 Å². The summed E-state index contributed by atoms with van der Waals surface area (Å²) >= 11 is 0. The monoisotopic (exact) mass is 425 g/mol. The SMILES string of the molecule is CC(=O)/C=C/c1c2cccccc-2c2c3ccccc3n(S(=O)(=O)c3ccccc3)c12. The summed E-state index contributed by atoms with van der Waals surface area (Å²) < 4.78 is 29.1. The number of hydrogen-bond acceptors (Lipinski definition) is 3. The maximum Gasteiger partial charge on any atom is 0.268 e. The molecule has 0 N–H and O–H groups in total. The third kappa shape index (κ3) is 2.97. The zero-order chi connectivity index (χ0) is 21.6. The number of rotatable bonds is 4. The van der Waals surface area contributed by atoms with Crippen molar-refractivity contribution in [3.05, 3.63) is 96.6 Å². The predicted molar refractivity (Wildman–Crippen MR) is 125 cm³/mol. The lowest BCUT2D eigenvalue weighted by Gasteiger charge is -2.10. The van der Waals surface area contributed by atoms with E-state index in [1.54, 1.807) is 36.4 Å². The molecule has 0 atom stereocenters. The van der Waals surface area contributed by atoms with Crippen LogP contribution in [-0.2, 0) is 14.8 Å². The van der Waals surface area contributed by atoms with E-state index >= 15 is 0 Å². The van der Waals surface area contributed by atoms with Gasteiger partial charge in [0.05, 0.1) is 15.9 Å². The van der Waals surface area contributed by atoms with E-state index < -0.39 is 10.0 Å². The molecule has 0 amide bonds. The topological polar surface area (TPSA) is 56.1 Å². The van der Waals surface area contributed by atoms with E-state index in [4.69, 9.17) is 0 Å². The Morgan fingerprint density at radius 1 is 0.806 bits per heavy atom. The van der Waals surface area contributed by atoms with Crippen molar-refractivity contribution >= 4 is 43.7 Å². The molecule has 1 heterocycles. The van der Waals surface area contributed by atoms with E-state index in [1.807, 2.05) is 54.6 Å². The van der Waals surface area contributed by atoms with Gasteiger partial charge in [-0.3, -0.25) is 4.79 Å². The number of aromatic nitrogens is 1. The summed E-state index contributed by atoms with van der Waals surface area (Å²) in [6, 6.07) is 25.7. The van der Waals surface area contributed by atoms with Gasteiger partial charge in [0.2, 0.25) is 0 Å². The number of allylic oxidation sites excluding steroid dienone is 1. The highest BCUT2D eigenvalue weighted by atomic mass is 32.2. The van der Waals surface area contributed by atoms with Gasteiger partial charge in [-0.25, -0.2) is 12.4 Å². The minimum absolute atomic E-state index is 0.101. The minimum Gasteiger partial charge on any atom is -0.295 e. The van der Waals surface area contributed by atoms with Crippen LogP contribution in [0.1, 0.15) is 12.5 Å². The molecule has 2 aromatic carbocycles. The molecule has 5 heteroatoms. The number of benzene rings is 2. The van der Waals surface area contributed by atoms with Crippen molar-refractivity contribution in [1.82, 2.24) is 3.97 Å². The Kier molecular flexibility index (Phi) is 4.49. The highest BCUT2D eigenvalue weighted by Gasteiger charge is 2.29. The van der Waals surface area contributed by atoms with Crippen LogP contribution in [0.5, 0.6) is 0 Å². The van der Waals surface area contributed by atoms with Crippen molar-refractivity contribution in [2.75, 3.05) is 0 Å². The molecule has 4 nitrogen and oxygen atoms in total. The van der Waals surface area contributed by atoms with Gasteiger partial charge in [0.25, 0.3) is 10.0 Å². The van der Waals surface area contributed by atoms with Crippen molar-refractivity contribution in [1.29, 1.82) is 0 Å². The molecule has 0 bridgehead atoms. The second-order valence-corrected chi connectivity index (χ2v) is 9.21. The fraction of sp³-hybridized carbons (Fsp3) is 0.0385. The number of hydrogen-bond donors (Lipinski definition) is 0. The molecular weight excluding hydrogens is 406 g/mol. The van der Waals surface area contributed by atoms with E-state index in [0.29, 0.717) is 16.6 Å². The number of carbonyl (C=O) groups excluding carboxylic acids is 1. The Balaban J connectivity index is 2.04. The molecule has 0 spiro atoms. The highest BCUT2D eigenvalue weighted by Crippen LogP contribution is 2.45. The maximum absolute atomic E-state index is 13.8. The average Bonchev–Trinajstić information content (AvgIpc) is 3.14. The zero-order valence-corrected chi connectivity index (χ0v) is 17.6. The van der Waals surface area contributed by atoms with E-state index in [0.717, 1.165) is 21.9 Å². The summed E-state index contributed by atoms with van der Waals surface area (Å²) in [7, 11) is -3.88. The summed E-state index contributed by atoms with van der Waals surface area (Å²) in [6.07, 6.45) is 3.21. The van der Waals surface area contributed by atoms with Gasteiger partial charge in [0.15, 0.2) is 5.78 Å². The first-order valence-corrected chi connectivity index (χ1v) is 11.4. The van der Waals surface area contributed by atoms with Crippen LogP contribution in [0, 0.1) is 0 Å². The number of carbonyl (C=O) groups is 1. The van der Waals surface area contributed by atoms with Gasteiger partial charge >= 0.3 is 0 Å². The Morgan fingerprint density at radius 3 is 2.13 bits per heavy atom. The lowest BCUT2D eigenvalue weighted by molar-refractivity contribution is -0.112. The quantitative estimate of drug-likeness (QED) is 0.345. The third-order valence-electron chi connectivity index (χ3n) is 5.45. The van der Waals surface area contributed by atoms with Gasteiger partial charge in [-0.2, -0.15) is 0 Å². The van der Waals surface area contributed by atoms with Crippen LogP contribution in [0.2, 0.25) is 0 Å². The van der Waals surface area contributed by atoms with Crippen molar-refractivity contribution in [2.24, 2.45) is 0 Å². The molecule has 152 valence electrons. The standard InChI is InChI=1S/C26H19NO3S/c1-18(28)16-17-22-20-12-6-3-7-13-21(20)25-23-14-8-9-15-24(23)27(26(22)25)31(29,30)19-10-4-2-5-11-19/h2-17H,1H3/b17-16+. The molecule has 0 aliphatic heterocycles. The smallest absolute Gasteiger partial charge is 0.268 e. The Morgan fingerprint density at radius 2 is 1.42 bits per heavy atom. The second kappa shape index (κ2) is 7.22. The van der Waals surface area contributed by atoms with Gasteiger partial charge in [-0.05, 0) is 48.4 Å². The Hall–Kier alpha value is -3.70. The van der Waals surface area contributed by atoms with Crippen molar-refractivity contribution in [3.63, 3.8) is 0 Å². The number of nitrogens with zero attached hydrogens (tertiary/aromatic N) is 1. The molecule has 1 aromatic heterocycles. The van der Waals surface area contributed by atoms with E-state index in [9.17, 15) is 13.2 Å². The van der Waals surface area contributed by atoms with Crippen LogP contribution in [0.4, 0.5) is 0 Å². The van der Waals surface area contributed by atoms with Gasteiger partial charge in [0, 0.05) is 16.3 Å². The summed E-state index contributed by atoms with van der Waals surface area (Å²) in [6.45, 7) is 1.48. The third-order valence-corrected chi connectivity index (χ3v) is 7.18. The van der Waals surface area contributed by atoms with Gasteiger partial charge in [-0.1, -0.05) is 66.7 Å². The van der Waals surface area contributed by atoms with Gasteiger partial charge < -0.3 is 0 Å². The predicted octanol–water partition coefficient (Wildman–Crippen LogP) is 5.74. The first-order chi connectivity index (χ1) is 15.0. The van der Waals surface area contributed by atoms with E-state index in [2.05, 4.69) is 0 Å². The molecule has 31 heavy (non-hydrogen) atoms. The molecule has 3 aromatic rings. The van der Waals surface area contributed by atoms with Crippen molar-refractivity contribution < 1.29 is 13.2 Å². The summed E-state index contributed by atoms with van der Waals surface area (Å²) in [4.78, 5) is 12.0. The average molecular weight is 426 g/mol. The van der Waals surface area contributed by atoms with Crippen molar-refractivity contribution in [2.45, 2.75) is 11.8 Å². The molecule has 2 aliphatic carbocycles. The molecule has 2 aliphatic rings. The first-order valence-electron chi connectivity index (χ1n) is 9.93. The van der Waals surface area contributed by atoms with Crippen LogP contribution in [0.25, 0.3) is 39.0 Å². The molecule has 0 radical (unpaired) electrons. The van der Waals surface area contributed by atoms with Crippen LogP contribution in [-0.4, -0.2) is 18.2 Å². The highest BCUT2D eigenvalue weighted by molar-refractivity contribution is 7.90. The molecule has 0 saturated heterocycles. The van der Waals surface area contributed by atoms with Crippen LogP contribution in [0.3, 0.4) is 0 Å². The fourth-order valence-corrected chi connectivity index (χ4v) is 5.73. The van der Waals surface area contributed by atoms with Crippen LogP contribution < -0.4 is 0 Å². The lowest BCUT2D eigenvalue weighted by atomic mass is 10.1. The normalized spacial score (nSPS) is 12.3. The van der Waals surface area contributed by atoms with Gasteiger partial charge in [-0.15, -0.1) is 0 Å². The van der Waals surface area contributed by atoms with E-state index in [-0.39, 0.29) is 10.7 Å². The molecule has 5 rings (SSSR count). The molecule has 0 saturated carbocycles. The molecular formula is C26H19NO3S. The number of fused-ring (bicyclic) bond motifs is 5. The zero-order valence-electron chi connectivity index (χ0n) is 16.8. The molecule has 0 fully saturated rings. The summed E-state index contributed by atoms with van der Waals surface area (Å²) in [5.74, 6) is -0.101. The Bertz CT molecular complexity index is 1560. The van der Waals surface area contributed by atoms with Crippen LogP contribution >= 0.6 is 0 Å². The number of ketones is 1.